The molecule has 0 aliphatic carbocycles. The summed E-state index contributed by atoms with van der Waals surface area (Å²) in [4.78, 5) is 0.877. The minimum absolute atomic E-state index is 0.847. The number of hydrogen-bond donors (Lipinski definition) is 3. The largest absolute Gasteiger partial charge is 0.324 e. The number of nitrogens with two attached hydrogens (primary N) is 1. The second-order valence-electron chi connectivity index (χ2n) is 1.84. The Labute approximate surface area is 73.3 Å². The lowest BCUT2D eigenvalue weighted by Gasteiger charge is -2.00. The van der Waals surface area contributed by atoms with Crippen LogP contribution >= 0.6 is 28.6 Å². The molecular weight excluding hydrogens is 212 g/mol. The van der Waals surface area contributed by atoms with Crippen LogP contribution in [0.2, 0.25) is 0 Å². The van der Waals surface area contributed by atoms with Crippen molar-refractivity contribution in [3.8, 4) is 0 Å². The molecule has 54 valence electrons. The van der Waals surface area contributed by atoms with E-state index in [-0.39, 0.29) is 0 Å². The highest BCUT2D eigenvalue weighted by Gasteiger charge is 1.92. The number of rotatable bonds is 1. The fourth-order valence-electron chi connectivity index (χ4n) is 0.657. The van der Waals surface area contributed by atoms with Crippen molar-refractivity contribution in [2.24, 2.45) is 5.84 Å². The van der Waals surface area contributed by atoms with Crippen molar-refractivity contribution in [3.05, 3.63) is 22.7 Å². The van der Waals surface area contributed by atoms with Gasteiger partial charge in [0.05, 0.1) is 5.69 Å². The maximum atomic E-state index is 5.18. The maximum absolute atomic E-state index is 5.18. The number of thiol groups is 1. The van der Waals surface area contributed by atoms with Gasteiger partial charge in [0.2, 0.25) is 0 Å². The molecule has 10 heavy (non-hydrogen) atoms. The van der Waals surface area contributed by atoms with E-state index in [1.165, 1.54) is 0 Å². The minimum Gasteiger partial charge on any atom is -0.324 e. The average Bonchev–Trinajstić information content (AvgIpc) is 1.85. The molecule has 3 N–H and O–H groups in total. The first-order chi connectivity index (χ1) is 4.72. The van der Waals surface area contributed by atoms with E-state index >= 15 is 0 Å². The molecule has 0 fully saturated rings. The molecule has 0 bridgehead atoms. The molecular formula is C6H7BrN2S. The van der Waals surface area contributed by atoms with Gasteiger partial charge in [-0.25, -0.2) is 0 Å². The normalized spacial score (nSPS) is 9.50. The smallest absolute Gasteiger partial charge is 0.0507 e. The molecule has 0 amide bonds. The molecule has 0 saturated carbocycles. The predicted molar refractivity (Wildman–Crippen MR) is 49.2 cm³/mol. The molecule has 1 aromatic carbocycles. The molecule has 1 aromatic rings. The van der Waals surface area contributed by atoms with E-state index in [1.807, 2.05) is 18.2 Å². The quantitative estimate of drug-likeness (QED) is 0.384. The fourth-order valence-corrected chi connectivity index (χ4v) is 1.61. The van der Waals surface area contributed by atoms with Crippen molar-refractivity contribution in [1.29, 1.82) is 0 Å². The molecule has 0 aliphatic rings. The summed E-state index contributed by atoms with van der Waals surface area (Å²) in [7, 11) is 0. The predicted octanol–water partition coefficient (Wildman–Crippen LogP) is 2.02. The second kappa shape index (κ2) is 3.27. The van der Waals surface area contributed by atoms with E-state index in [4.69, 9.17) is 5.84 Å². The molecule has 0 spiro atoms. The van der Waals surface area contributed by atoms with Crippen LogP contribution in [-0.2, 0) is 0 Å². The number of nitrogen functional groups attached to an aromatic ring is 1. The van der Waals surface area contributed by atoms with Gasteiger partial charge < -0.3 is 5.43 Å². The SMILES string of the molecule is NNc1cc(S)cc(Br)c1. The number of hydrogen-bond acceptors (Lipinski definition) is 3. The van der Waals surface area contributed by atoms with Gasteiger partial charge in [0.15, 0.2) is 0 Å². The van der Waals surface area contributed by atoms with Crippen molar-refractivity contribution < 1.29 is 0 Å². The van der Waals surface area contributed by atoms with Crippen LogP contribution in [0.3, 0.4) is 0 Å². The van der Waals surface area contributed by atoms with E-state index in [0.717, 1.165) is 15.1 Å². The van der Waals surface area contributed by atoms with Gasteiger partial charge in [0.1, 0.15) is 0 Å². The Kier molecular flexibility index (Phi) is 2.59. The minimum atomic E-state index is 0.847. The van der Waals surface area contributed by atoms with Crippen LogP contribution in [-0.4, -0.2) is 0 Å². The topological polar surface area (TPSA) is 38.0 Å². The summed E-state index contributed by atoms with van der Waals surface area (Å²) in [6, 6.07) is 5.61. The van der Waals surface area contributed by atoms with Gasteiger partial charge in [-0.15, -0.1) is 12.6 Å². The van der Waals surface area contributed by atoms with Crippen LogP contribution in [0, 0.1) is 0 Å². The van der Waals surface area contributed by atoms with Gasteiger partial charge >= 0.3 is 0 Å². The van der Waals surface area contributed by atoms with Crippen molar-refractivity contribution >= 4 is 34.2 Å². The molecule has 4 heteroatoms. The van der Waals surface area contributed by atoms with Crippen LogP contribution in [0.1, 0.15) is 0 Å². The van der Waals surface area contributed by atoms with Gasteiger partial charge in [-0.3, -0.25) is 5.84 Å². The summed E-state index contributed by atoms with van der Waals surface area (Å²) in [6.45, 7) is 0. The summed E-state index contributed by atoms with van der Waals surface area (Å²) in [5.74, 6) is 5.18. The van der Waals surface area contributed by atoms with Gasteiger partial charge in [-0.05, 0) is 18.2 Å². The van der Waals surface area contributed by atoms with Crippen molar-refractivity contribution in [2.45, 2.75) is 4.90 Å². The molecule has 0 heterocycles. The van der Waals surface area contributed by atoms with E-state index in [0.29, 0.717) is 0 Å². The number of anilines is 1. The number of nitrogens with one attached hydrogen (secondary N) is 1. The Bertz CT molecular complexity index is 219. The highest BCUT2D eigenvalue weighted by molar-refractivity contribution is 9.10. The van der Waals surface area contributed by atoms with E-state index < -0.39 is 0 Å². The summed E-state index contributed by atoms with van der Waals surface area (Å²) in [5.41, 5.74) is 3.38. The maximum Gasteiger partial charge on any atom is 0.0507 e. The van der Waals surface area contributed by atoms with Crippen LogP contribution < -0.4 is 11.3 Å². The molecule has 0 aliphatic heterocycles. The summed E-state index contributed by atoms with van der Waals surface area (Å²) in [5, 5.41) is 0. The zero-order valence-electron chi connectivity index (χ0n) is 5.13. The second-order valence-corrected chi connectivity index (χ2v) is 3.27. The summed E-state index contributed by atoms with van der Waals surface area (Å²) in [6.07, 6.45) is 0. The van der Waals surface area contributed by atoms with E-state index in [9.17, 15) is 0 Å². The van der Waals surface area contributed by atoms with E-state index in [2.05, 4.69) is 34.0 Å². The Hall–Kier alpha value is -0.190. The average molecular weight is 219 g/mol. The van der Waals surface area contributed by atoms with Crippen LogP contribution in [0.25, 0.3) is 0 Å². The Morgan fingerprint density at radius 2 is 2.10 bits per heavy atom. The standard InChI is InChI=1S/C6H7BrN2S/c7-4-1-5(9-8)3-6(10)2-4/h1-3,9-10H,8H2. The van der Waals surface area contributed by atoms with Gasteiger partial charge in [0, 0.05) is 9.37 Å². The first-order valence-electron chi connectivity index (χ1n) is 2.68. The molecule has 0 saturated heterocycles. The molecule has 0 radical (unpaired) electrons. The zero-order chi connectivity index (χ0) is 7.56. The summed E-state index contributed by atoms with van der Waals surface area (Å²) >= 11 is 7.46. The first kappa shape index (κ1) is 7.91. The molecule has 1 rings (SSSR count). The number of benzene rings is 1. The third-order valence-corrected chi connectivity index (χ3v) is 1.77. The first-order valence-corrected chi connectivity index (χ1v) is 3.92. The fraction of sp³-hybridized carbons (Fsp3) is 0. The molecule has 0 unspecified atom stereocenters. The Morgan fingerprint density at radius 1 is 1.40 bits per heavy atom. The number of hydrazine groups is 1. The van der Waals surface area contributed by atoms with Crippen LogP contribution in [0.15, 0.2) is 27.6 Å². The van der Waals surface area contributed by atoms with Crippen LogP contribution in [0.4, 0.5) is 5.69 Å². The van der Waals surface area contributed by atoms with E-state index in [1.54, 1.807) is 0 Å². The summed E-state index contributed by atoms with van der Waals surface area (Å²) < 4.78 is 0.966. The Morgan fingerprint density at radius 3 is 2.60 bits per heavy atom. The lowest BCUT2D eigenvalue weighted by Crippen LogP contribution is -2.06. The van der Waals surface area contributed by atoms with Crippen LogP contribution in [0.5, 0.6) is 0 Å². The van der Waals surface area contributed by atoms with Crippen molar-refractivity contribution in [2.75, 3.05) is 5.43 Å². The van der Waals surface area contributed by atoms with Gasteiger partial charge in [-0.2, -0.15) is 0 Å². The van der Waals surface area contributed by atoms with Gasteiger partial charge in [0.25, 0.3) is 0 Å². The zero-order valence-corrected chi connectivity index (χ0v) is 7.62. The third-order valence-electron chi connectivity index (χ3n) is 1.05. The lowest BCUT2D eigenvalue weighted by atomic mass is 10.3. The highest BCUT2D eigenvalue weighted by atomic mass is 79.9. The van der Waals surface area contributed by atoms with Gasteiger partial charge in [-0.1, -0.05) is 15.9 Å². The third kappa shape index (κ3) is 1.90. The van der Waals surface area contributed by atoms with Crippen molar-refractivity contribution in [3.63, 3.8) is 0 Å². The molecule has 0 aromatic heterocycles. The Balaban J connectivity index is 3.06. The molecule has 0 atom stereocenters. The lowest BCUT2D eigenvalue weighted by molar-refractivity contribution is 1.32. The van der Waals surface area contributed by atoms with Crippen molar-refractivity contribution in [1.82, 2.24) is 0 Å². The molecule has 2 nitrogen and oxygen atoms in total. The number of halogens is 1. The highest BCUT2D eigenvalue weighted by Crippen LogP contribution is 2.20. The monoisotopic (exact) mass is 218 g/mol.